The van der Waals surface area contributed by atoms with Crippen molar-refractivity contribution in [2.45, 2.75) is 37.5 Å². The van der Waals surface area contributed by atoms with Gasteiger partial charge >= 0.3 is 0 Å². The van der Waals surface area contributed by atoms with E-state index in [-0.39, 0.29) is 0 Å². The van der Waals surface area contributed by atoms with Crippen LogP contribution in [-0.2, 0) is 6.54 Å². The van der Waals surface area contributed by atoms with Crippen LogP contribution in [0.25, 0.3) is 0 Å². The Hall–Kier alpha value is -0.870. The van der Waals surface area contributed by atoms with Gasteiger partial charge < -0.3 is 14.8 Å². The average Bonchev–Trinajstić information content (AvgIpc) is 2.73. The molecule has 0 aliphatic carbocycles. The van der Waals surface area contributed by atoms with Crippen molar-refractivity contribution in [2.24, 2.45) is 0 Å². The second kappa shape index (κ2) is 7.23. The molecule has 110 valence electrons. The molecule has 0 amide bonds. The van der Waals surface area contributed by atoms with Crippen LogP contribution < -0.4 is 14.8 Å². The maximum absolute atomic E-state index is 5.73. The minimum Gasteiger partial charge on any atom is -0.490 e. The van der Waals surface area contributed by atoms with Crippen LogP contribution in [0.2, 0.25) is 0 Å². The van der Waals surface area contributed by atoms with E-state index < -0.39 is 0 Å². The molecule has 2 heterocycles. The lowest BCUT2D eigenvalue weighted by Gasteiger charge is -2.21. The molecule has 4 heteroatoms. The number of fused-ring (bicyclic) bond motifs is 1. The van der Waals surface area contributed by atoms with Gasteiger partial charge in [0.15, 0.2) is 11.5 Å². The summed E-state index contributed by atoms with van der Waals surface area (Å²) in [6.45, 7) is 3.53. The Bertz CT molecular complexity index is 432. The minimum atomic E-state index is 0.753. The first kappa shape index (κ1) is 14.1. The fraction of sp³-hybridized carbons (Fsp3) is 0.625. The Labute approximate surface area is 125 Å². The molecule has 1 saturated heterocycles. The molecule has 1 unspecified atom stereocenters. The van der Waals surface area contributed by atoms with Crippen LogP contribution in [0, 0.1) is 0 Å². The molecule has 3 rings (SSSR count). The van der Waals surface area contributed by atoms with Crippen LogP contribution in [0.5, 0.6) is 11.5 Å². The molecular weight excluding hydrogens is 270 g/mol. The van der Waals surface area contributed by atoms with Gasteiger partial charge in [0.1, 0.15) is 0 Å². The summed E-state index contributed by atoms with van der Waals surface area (Å²) in [6.07, 6.45) is 5.10. The smallest absolute Gasteiger partial charge is 0.161 e. The molecule has 1 N–H and O–H groups in total. The number of nitrogens with one attached hydrogen (secondary N) is 1. The van der Waals surface area contributed by atoms with E-state index in [0.29, 0.717) is 0 Å². The third-order valence-corrected chi connectivity index (χ3v) is 5.19. The van der Waals surface area contributed by atoms with Gasteiger partial charge in [-0.25, -0.2) is 0 Å². The summed E-state index contributed by atoms with van der Waals surface area (Å²) < 4.78 is 11.4. The van der Waals surface area contributed by atoms with E-state index in [0.717, 1.165) is 49.5 Å². The maximum atomic E-state index is 5.73. The van der Waals surface area contributed by atoms with Gasteiger partial charge in [0.25, 0.3) is 0 Å². The Morgan fingerprint density at radius 1 is 1.10 bits per heavy atom. The molecule has 2 aliphatic rings. The molecule has 1 aromatic rings. The predicted molar refractivity (Wildman–Crippen MR) is 83.9 cm³/mol. The quantitative estimate of drug-likeness (QED) is 0.923. The van der Waals surface area contributed by atoms with Gasteiger partial charge in [0.05, 0.1) is 13.2 Å². The Balaban J connectivity index is 1.51. The maximum Gasteiger partial charge on any atom is 0.161 e. The molecule has 2 aliphatic heterocycles. The highest BCUT2D eigenvalue weighted by Crippen LogP contribution is 2.30. The lowest BCUT2D eigenvalue weighted by Crippen LogP contribution is -2.26. The number of thioether (sulfide) groups is 1. The zero-order chi connectivity index (χ0) is 13.6. The summed E-state index contributed by atoms with van der Waals surface area (Å²) in [7, 11) is 0. The van der Waals surface area contributed by atoms with E-state index in [1.54, 1.807) is 0 Å². The third kappa shape index (κ3) is 3.83. The summed E-state index contributed by atoms with van der Waals surface area (Å²) in [4.78, 5) is 0. The summed E-state index contributed by atoms with van der Waals surface area (Å²) in [5.74, 6) is 3.11. The van der Waals surface area contributed by atoms with Gasteiger partial charge in [0.2, 0.25) is 0 Å². The zero-order valence-corrected chi connectivity index (χ0v) is 12.7. The number of hydrogen-bond donors (Lipinski definition) is 1. The molecule has 1 atom stereocenters. The van der Waals surface area contributed by atoms with Crippen LogP contribution in [0.4, 0.5) is 0 Å². The fourth-order valence-corrected chi connectivity index (χ4v) is 3.94. The highest BCUT2D eigenvalue weighted by molar-refractivity contribution is 7.99. The Morgan fingerprint density at radius 2 is 2.00 bits per heavy atom. The van der Waals surface area contributed by atoms with Crippen molar-refractivity contribution in [1.82, 2.24) is 5.32 Å². The topological polar surface area (TPSA) is 30.5 Å². The Kier molecular flexibility index (Phi) is 5.09. The molecule has 1 aromatic carbocycles. The van der Waals surface area contributed by atoms with Crippen molar-refractivity contribution in [3.8, 4) is 11.5 Å². The number of ether oxygens (including phenoxy) is 2. The van der Waals surface area contributed by atoms with Crippen molar-refractivity contribution >= 4 is 11.8 Å². The zero-order valence-electron chi connectivity index (χ0n) is 11.9. The highest BCUT2D eigenvalue weighted by atomic mass is 32.2. The molecule has 20 heavy (non-hydrogen) atoms. The summed E-state index contributed by atoms with van der Waals surface area (Å²) in [5.41, 5.74) is 1.27. The molecule has 0 spiro atoms. The first-order valence-electron chi connectivity index (χ1n) is 7.63. The van der Waals surface area contributed by atoms with Crippen LogP contribution in [0.15, 0.2) is 18.2 Å². The Morgan fingerprint density at radius 3 is 2.85 bits per heavy atom. The second-order valence-electron chi connectivity index (χ2n) is 5.45. The van der Waals surface area contributed by atoms with E-state index in [4.69, 9.17) is 9.47 Å². The van der Waals surface area contributed by atoms with E-state index in [2.05, 4.69) is 29.2 Å². The monoisotopic (exact) mass is 293 g/mol. The number of benzene rings is 1. The normalized spacial score (nSPS) is 22.3. The van der Waals surface area contributed by atoms with Crippen molar-refractivity contribution < 1.29 is 9.47 Å². The fourth-order valence-electron chi connectivity index (χ4n) is 2.66. The van der Waals surface area contributed by atoms with Crippen LogP contribution in [0.1, 0.15) is 31.2 Å². The van der Waals surface area contributed by atoms with Gasteiger partial charge in [-0.05, 0) is 36.3 Å². The first-order chi connectivity index (χ1) is 9.92. The van der Waals surface area contributed by atoms with Crippen LogP contribution in [-0.4, -0.2) is 30.8 Å². The molecule has 0 aromatic heterocycles. The van der Waals surface area contributed by atoms with Gasteiger partial charge in [0, 0.05) is 24.8 Å². The van der Waals surface area contributed by atoms with Crippen molar-refractivity contribution in [3.05, 3.63) is 23.8 Å². The second-order valence-corrected chi connectivity index (χ2v) is 6.86. The predicted octanol–water partition coefficient (Wildman–Crippen LogP) is 3.22. The van der Waals surface area contributed by atoms with Gasteiger partial charge in [-0.15, -0.1) is 0 Å². The summed E-state index contributed by atoms with van der Waals surface area (Å²) in [5, 5.41) is 4.37. The lowest BCUT2D eigenvalue weighted by atomic mass is 10.1. The molecule has 1 fully saturated rings. The SMILES string of the molecule is c1cc2c(cc1CNCC1CCCCS1)OCCCO2. The lowest BCUT2D eigenvalue weighted by molar-refractivity contribution is 0.297. The number of hydrogen-bond acceptors (Lipinski definition) is 4. The number of rotatable bonds is 4. The van der Waals surface area contributed by atoms with Crippen molar-refractivity contribution in [3.63, 3.8) is 0 Å². The van der Waals surface area contributed by atoms with E-state index in [9.17, 15) is 0 Å². The van der Waals surface area contributed by atoms with E-state index >= 15 is 0 Å². The summed E-state index contributed by atoms with van der Waals surface area (Å²) >= 11 is 2.12. The average molecular weight is 293 g/mol. The molecule has 0 bridgehead atoms. The highest BCUT2D eigenvalue weighted by Gasteiger charge is 2.14. The van der Waals surface area contributed by atoms with E-state index in [1.165, 1.54) is 30.6 Å². The van der Waals surface area contributed by atoms with Crippen molar-refractivity contribution in [1.29, 1.82) is 0 Å². The summed E-state index contributed by atoms with van der Waals surface area (Å²) in [6, 6.07) is 6.28. The standard InChI is InChI=1S/C16H23NO2S/c1-2-9-20-14(4-1)12-17-11-13-5-6-15-16(10-13)19-8-3-7-18-15/h5-6,10,14,17H,1-4,7-9,11-12H2. The third-order valence-electron chi connectivity index (χ3n) is 3.79. The molecule has 0 radical (unpaired) electrons. The molecule has 0 saturated carbocycles. The van der Waals surface area contributed by atoms with Gasteiger partial charge in [-0.3, -0.25) is 0 Å². The van der Waals surface area contributed by atoms with Crippen molar-refractivity contribution in [2.75, 3.05) is 25.5 Å². The molecule has 3 nitrogen and oxygen atoms in total. The minimum absolute atomic E-state index is 0.753. The van der Waals surface area contributed by atoms with Crippen LogP contribution >= 0.6 is 11.8 Å². The van der Waals surface area contributed by atoms with E-state index in [1.807, 2.05) is 6.07 Å². The largest absolute Gasteiger partial charge is 0.490 e. The molecular formula is C16H23NO2S. The van der Waals surface area contributed by atoms with Gasteiger partial charge in [-0.1, -0.05) is 12.5 Å². The van der Waals surface area contributed by atoms with Crippen LogP contribution in [0.3, 0.4) is 0 Å². The first-order valence-corrected chi connectivity index (χ1v) is 8.67. The van der Waals surface area contributed by atoms with Gasteiger partial charge in [-0.2, -0.15) is 11.8 Å².